The molecule has 4 saturated carbocycles. The van der Waals surface area contributed by atoms with Crippen LogP contribution in [-0.2, 0) is 71.1 Å². The Bertz CT molecular complexity index is 2970. The van der Waals surface area contributed by atoms with Gasteiger partial charge in [-0.05, 0) is 116 Å². The van der Waals surface area contributed by atoms with Crippen molar-refractivity contribution in [1.29, 1.82) is 0 Å². The van der Waals surface area contributed by atoms with Crippen molar-refractivity contribution in [2.75, 3.05) is 39.6 Å². The Morgan fingerprint density at radius 1 is 0.448 bits per heavy atom. The zero-order valence-electron chi connectivity index (χ0n) is 60.3. The van der Waals surface area contributed by atoms with E-state index in [2.05, 4.69) is 54.5 Å². The summed E-state index contributed by atoms with van der Waals surface area (Å²) in [5.41, 5.74) is -1.86. The van der Waals surface area contributed by atoms with Crippen LogP contribution in [0.2, 0.25) is 0 Å². The number of rotatable bonds is 18. The van der Waals surface area contributed by atoms with Crippen molar-refractivity contribution < 1.29 is 173 Å². The average Bonchev–Trinajstić information content (AvgIpc) is 0.675. The van der Waals surface area contributed by atoms with Crippen LogP contribution in [0.15, 0.2) is 11.6 Å². The molecule has 35 nitrogen and oxygen atoms in total. The van der Waals surface area contributed by atoms with Crippen molar-refractivity contribution >= 4 is 5.97 Å². The van der Waals surface area contributed by atoms with Crippen LogP contribution in [0.3, 0.4) is 0 Å². The van der Waals surface area contributed by atoms with E-state index in [1.165, 1.54) is 12.5 Å². The van der Waals surface area contributed by atoms with E-state index in [1.807, 2.05) is 0 Å². The van der Waals surface area contributed by atoms with Crippen LogP contribution in [0.5, 0.6) is 0 Å². The highest BCUT2D eigenvalue weighted by molar-refractivity contribution is 5.79. The molecule has 35 heteroatoms. The third kappa shape index (κ3) is 14.6. The van der Waals surface area contributed by atoms with Crippen LogP contribution in [0.4, 0.5) is 0 Å². The summed E-state index contributed by atoms with van der Waals surface area (Å²) in [6, 6.07) is 0. The second kappa shape index (κ2) is 31.3. The molecule has 12 aliphatic rings. The van der Waals surface area contributed by atoms with Gasteiger partial charge in [0.2, 0.25) is 6.29 Å². The highest BCUT2D eigenvalue weighted by atomic mass is 16.8. The summed E-state index contributed by atoms with van der Waals surface area (Å²) in [5.74, 6) is -0.838. The molecule has 7 heterocycles. The maximum absolute atomic E-state index is 15.3. The molecule has 0 amide bonds. The lowest BCUT2D eigenvalue weighted by molar-refractivity contribution is -0.391. The SMILES string of the molecule is C[C@H]1O[C@@H](O[C@@H]2[C@@H](O[C@H]3CC[C@]4(C)[C@H](CC[C@@]5(C)[C@H]4CC=C4[C@@H]6CC(C)(C)CC[C@]6(C(=O)O[C@@H]6O[C@H](CO[C@@H]7O[C@H](CO)[C@H](O)[C@H](O)[C@H]7O)[C@@H](O)[C@@H](O)[C@@H]6O)CC[C@@]45C)C3(C)C)OC[C@@H](O[C@H]3O[C@@H](CO)[C@H](O)[C@H](O)[C@H]3O)[C@H]2O)[C@@H](O)[C@@H](O[C@@H]2OC[C@H](O[C@H]3O[C@H](CO)[C@H](O)[C@H](O)[C@H]3O)[C@H](O)[C@H]2O)[C@@H]1O. The van der Waals surface area contributed by atoms with Crippen LogP contribution >= 0.6 is 0 Å². The molecule has 12 rings (SSSR count). The summed E-state index contributed by atoms with van der Waals surface area (Å²) in [6.45, 7) is 13.1. The van der Waals surface area contributed by atoms with Crippen LogP contribution in [-0.4, -0.2) is 357 Å². The number of ether oxygens (including phenoxy) is 14. The van der Waals surface area contributed by atoms with E-state index < -0.39 is 271 Å². The lowest BCUT2D eigenvalue weighted by Gasteiger charge is -2.71. The summed E-state index contributed by atoms with van der Waals surface area (Å²) < 4.78 is 84.0. The Kier molecular flexibility index (Phi) is 24.6. The van der Waals surface area contributed by atoms with E-state index >= 15 is 4.79 Å². The van der Waals surface area contributed by atoms with Gasteiger partial charge in [-0.25, -0.2) is 0 Å². The van der Waals surface area contributed by atoms with Gasteiger partial charge < -0.3 is 168 Å². The summed E-state index contributed by atoms with van der Waals surface area (Å²) in [4.78, 5) is 15.3. The number of aliphatic hydroxyl groups excluding tert-OH is 20. The number of carbonyl (C=O) groups is 1. The predicted molar refractivity (Wildman–Crippen MR) is 347 cm³/mol. The molecule has 0 bridgehead atoms. The highest BCUT2D eigenvalue weighted by Crippen LogP contribution is 2.76. The van der Waals surface area contributed by atoms with Gasteiger partial charge in [-0.3, -0.25) is 4.79 Å². The van der Waals surface area contributed by atoms with Gasteiger partial charge in [-0.1, -0.05) is 60.1 Å². The van der Waals surface area contributed by atoms with Gasteiger partial charge in [0.25, 0.3) is 0 Å². The second-order valence-electron chi connectivity index (χ2n) is 33.8. The molecule has 41 atom stereocenters. The van der Waals surface area contributed by atoms with E-state index in [9.17, 15) is 102 Å². The summed E-state index contributed by atoms with van der Waals surface area (Å²) in [6.07, 6.45) is -48.2. The topological polar surface area (TPSA) is 551 Å². The number of fused-ring (bicyclic) bond motifs is 7. The number of esters is 1. The second-order valence-corrected chi connectivity index (χ2v) is 33.8. The van der Waals surface area contributed by atoms with E-state index in [-0.39, 0.29) is 34.0 Å². The predicted octanol–water partition coefficient (Wildman–Crippen LogP) is -6.26. The Morgan fingerprint density at radius 2 is 0.933 bits per heavy atom. The molecule has 604 valence electrons. The smallest absolute Gasteiger partial charge is 0.315 e. The average molecular weight is 1520 g/mol. The molecule has 0 aromatic heterocycles. The molecule has 5 aliphatic carbocycles. The molecule has 11 fully saturated rings. The summed E-state index contributed by atoms with van der Waals surface area (Å²) >= 11 is 0. The summed E-state index contributed by atoms with van der Waals surface area (Å²) in [5, 5.41) is 217. The number of carbonyl (C=O) groups excluding carboxylic acids is 1. The van der Waals surface area contributed by atoms with Gasteiger partial charge in [0.05, 0.1) is 57.3 Å². The largest absolute Gasteiger partial charge is 0.432 e. The zero-order chi connectivity index (χ0) is 76.4. The van der Waals surface area contributed by atoms with Crippen molar-refractivity contribution in [3.8, 4) is 0 Å². The maximum Gasteiger partial charge on any atom is 0.315 e. The number of aliphatic hydroxyl groups is 20. The number of hydrogen-bond acceptors (Lipinski definition) is 35. The molecule has 0 unspecified atom stereocenters. The lowest BCUT2D eigenvalue weighted by atomic mass is 9.33. The molecule has 20 N–H and O–H groups in total. The normalized spacial score (nSPS) is 54.2. The quantitative estimate of drug-likeness (QED) is 0.0345. The van der Waals surface area contributed by atoms with Crippen molar-refractivity contribution in [2.45, 2.75) is 328 Å². The molecular formula is C70H114O35. The third-order valence-electron chi connectivity index (χ3n) is 27.0. The highest BCUT2D eigenvalue weighted by Gasteiger charge is 2.71. The Balaban J connectivity index is 0.753. The molecule has 0 radical (unpaired) electrons. The fourth-order valence-electron chi connectivity index (χ4n) is 20.2. The van der Waals surface area contributed by atoms with Gasteiger partial charge in [0.1, 0.15) is 153 Å². The Labute approximate surface area is 607 Å². The van der Waals surface area contributed by atoms with E-state index in [0.29, 0.717) is 51.4 Å². The zero-order valence-corrected chi connectivity index (χ0v) is 60.3. The minimum atomic E-state index is -1.99. The molecule has 7 saturated heterocycles. The molecule has 0 aromatic rings. The van der Waals surface area contributed by atoms with Crippen molar-refractivity contribution in [2.24, 2.45) is 50.2 Å². The van der Waals surface area contributed by atoms with Crippen LogP contribution in [0, 0.1) is 50.2 Å². The first-order valence-electron chi connectivity index (χ1n) is 37.0. The molecular weight excluding hydrogens is 1400 g/mol. The first-order valence-corrected chi connectivity index (χ1v) is 37.0. The fraction of sp³-hybridized carbons (Fsp3) is 0.957. The van der Waals surface area contributed by atoms with E-state index in [1.54, 1.807) is 0 Å². The third-order valence-corrected chi connectivity index (χ3v) is 27.0. The number of allylic oxidation sites excluding steroid dienone is 2. The van der Waals surface area contributed by atoms with Crippen LogP contribution in [0.1, 0.15) is 120 Å². The molecule has 0 aromatic carbocycles. The Hall–Kier alpha value is -2.11. The van der Waals surface area contributed by atoms with Crippen LogP contribution < -0.4 is 0 Å². The Morgan fingerprint density at radius 3 is 1.51 bits per heavy atom. The van der Waals surface area contributed by atoms with Crippen LogP contribution in [0.25, 0.3) is 0 Å². The molecule has 7 aliphatic heterocycles. The van der Waals surface area contributed by atoms with Gasteiger partial charge in [-0.2, -0.15) is 0 Å². The first-order chi connectivity index (χ1) is 49.3. The van der Waals surface area contributed by atoms with Gasteiger partial charge >= 0.3 is 5.97 Å². The van der Waals surface area contributed by atoms with Gasteiger partial charge in [-0.15, -0.1) is 0 Å². The van der Waals surface area contributed by atoms with E-state index in [0.717, 1.165) is 12.8 Å². The number of hydrogen-bond donors (Lipinski definition) is 20. The molecule has 0 spiro atoms. The van der Waals surface area contributed by atoms with Gasteiger partial charge in [0.15, 0.2) is 37.7 Å². The minimum absolute atomic E-state index is 0.00166. The standard InChI is InChI=1S/C70H114O35/c1-26-38(74)55(103-58-49(85)43(79)33(24-93-58)99-59-51(87)46(82)40(76)30(21-72)97-59)54(90)62(95-26)104-56-44(80)34(101-60-52(88)47(83)41(77)31(22-73)98-60)25-94-63(56)102-37-12-13-67(6)35(66(37,4)5)11-14-69(8)36(67)10-9-27-28-19-65(2,3)15-17-70(28,18-16-68(27,69)7)64(91)105-61-53(89)48(84)42(78)32(100-61)23-92-57-50(86)45(81)39(75)29(20-71)96-57/h9,26,28-63,71-90H,10-25H2,1-8H3/t26-,28+,29-,30-,31+,32-,33+,34-,35-,36+,37+,38-,39+,40+,41+,42-,43+,44-,45+,46+,47+,48-,49-,50-,51-,52-,53+,54+,55+,56+,57-,58+,59-,60-,61+,62+,63-,67-,68+,69+,70+/m1/s1. The summed E-state index contributed by atoms with van der Waals surface area (Å²) in [7, 11) is 0. The monoisotopic (exact) mass is 1510 g/mol. The fourth-order valence-corrected chi connectivity index (χ4v) is 20.2. The van der Waals surface area contributed by atoms with Crippen molar-refractivity contribution in [3.05, 3.63) is 11.6 Å². The van der Waals surface area contributed by atoms with Crippen molar-refractivity contribution in [3.63, 3.8) is 0 Å². The first kappa shape index (κ1) is 82.4. The van der Waals surface area contributed by atoms with E-state index in [4.69, 9.17) is 66.3 Å². The maximum atomic E-state index is 15.3. The molecule has 105 heavy (non-hydrogen) atoms. The van der Waals surface area contributed by atoms with Gasteiger partial charge in [0, 0.05) is 0 Å². The minimum Gasteiger partial charge on any atom is -0.432 e. The lowest BCUT2D eigenvalue weighted by Crippen LogP contribution is -2.67. The van der Waals surface area contributed by atoms with Crippen molar-refractivity contribution in [1.82, 2.24) is 0 Å².